The Bertz CT molecular complexity index is 1260. The van der Waals surface area contributed by atoms with Gasteiger partial charge >= 0.3 is 12.3 Å². The van der Waals surface area contributed by atoms with Gasteiger partial charge in [-0.3, -0.25) is 4.79 Å². The van der Waals surface area contributed by atoms with Crippen molar-refractivity contribution in [3.05, 3.63) is 70.7 Å². The Morgan fingerprint density at radius 3 is 2.36 bits per heavy atom. The predicted octanol–water partition coefficient (Wildman–Crippen LogP) is 6.34. The number of amides is 1. The molecule has 10 heteroatoms. The summed E-state index contributed by atoms with van der Waals surface area (Å²) in [7, 11) is 0. The molecule has 0 spiro atoms. The van der Waals surface area contributed by atoms with Crippen molar-refractivity contribution in [3.63, 3.8) is 0 Å². The fourth-order valence-electron chi connectivity index (χ4n) is 4.43. The van der Waals surface area contributed by atoms with Crippen LogP contribution in [0.3, 0.4) is 0 Å². The average molecular weight is 522 g/mol. The van der Waals surface area contributed by atoms with Crippen molar-refractivity contribution in [2.24, 2.45) is 5.92 Å². The van der Waals surface area contributed by atoms with E-state index >= 15 is 0 Å². The lowest BCUT2D eigenvalue weighted by Gasteiger charge is -2.22. The van der Waals surface area contributed by atoms with E-state index < -0.39 is 24.3 Å². The Morgan fingerprint density at radius 2 is 1.72 bits per heavy atom. The van der Waals surface area contributed by atoms with Crippen LogP contribution in [-0.4, -0.2) is 29.4 Å². The van der Waals surface area contributed by atoms with Crippen LogP contribution in [0.15, 0.2) is 54.6 Å². The Hall–Kier alpha value is -3.46. The number of alkyl halides is 3. The zero-order chi connectivity index (χ0) is 25.9. The van der Waals surface area contributed by atoms with Crippen LogP contribution in [0.1, 0.15) is 41.6 Å². The normalized spacial score (nSPS) is 15.0. The Balaban J connectivity index is 1.61. The Morgan fingerprint density at radius 1 is 1.06 bits per heavy atom. The molecule has 1 saturated carbocycles. The zero-order valence-electron chi connectivity index (χ0n) is 19.0. The SMILES string of the molecule is O=C(N[C@H](C(=O)O)C1CCCC1)c1ccc2ccc(Cl)cc2c1OCc1ccc(OC(F)(F)F)cc1. The van der Waals surface area contributed by atoms with Crippen molar-refractivity contribution in [1.82, 2.24) is 5.32 Å². The number of ether oxygens (including phenoxy) is 2. The lowest BCUT2D eigenvalue weighted by molar-refractivity contribution is -0.274. The molecule has 3 aromatic rings. The second-order valence-electron chi connectivity index (χ2n) is 8.62. The Labute approximate surface area is 210 Å². The van der Waals surface area contributed by atoms with Crippen LogP contribution in [-0.2, 0) is 11.4 Å². The highest BCUT2D eigenvalue weighted by molar-refractivity contribution is 6.31. The van der Waals surface area contributed by atoms with Gasteiger partial charge in [0, 0.05) is 10.4 Å². The number of rotatable bonds is 8. The predicted molar refractivity (Wildman–Crippen MR) is 127 cm³/mol. The van der Waals surface area contributed by atoms with E-state index in [0.29, 0.717) is 16.0 Å². The molecule has 1 amide bonds. The number of benzene rings is 3. The van der Waals surface area contributed by atoms with E-state index in [9.17, 15) is 27.9 Å². The van der Waals surface area contributed by atoms with Gasteiger partial charge in [0.25, 0.3) is 5.91 Å². The van der Waals surface area contributed by atoms with Gasteiger partial charge in [0.2, 0.25) is 0 Å². The molecule has 0 bridgehead atoms. The minimum Gasteiger partial charge on any atom is -0.487 e. The molecule has 2 N–H and O–H groups in total. The lowest BCUT2D eigenvalue weighted by Crippen LogP contribution is -2.45. The van der Waals surface area contributed by atoms with Gasteiger partial charge in [-0.15, -0.1) is 13.2 Å². The highest BCUT2D eigenvalue weighted by Gasteiger charge is 2.33. The van der Waals surface area contributed by atoms with Crippen LogP contribution in [0.2, 0.25) is 5.02 Å². The van der Waals surface area contributed by atoms with Gasteiger partial charge in [0.1, 0.15) is 24.1 Å². The van der Waals surface area contributed by atoms with Crippen molar-refractivity contribution >= 4 is 34.2 Å². The fourth-order valence-corrected chi connectivity index (χ4v) is 4.60. The summed E-state index contributed by atoms with van der Waals surface area (Å²) in [5, 5.41) is 14.0. The van der Waals surface area contributed by atoms with E-state index in [1.165, 1.54) is 24.3 Å². The summed E-state index contributed by atoms with van der Waals surface area (Å²) < 4.78 is 47.1. The molecule has 1 fully saturated rings. The average Bonchev–Trinajstić information content (AvgIpc) is 3.35. The van der Waals surface area contributed by atoms with Gasteiger partial charge in [0.15, 0.2) is 0 Å². The summed E-state index contributed by atoms with van der Waals surface area (Å²) in [6.45, 7) is -0.0663. The largest absolute Gasteiger partial charge is 0.573 e. The van der Waals surface area contributed by atoms with Crippen LogP contribution >= 0.6 is 11.6 Å². The van der Waals surface area contributed by atoms with Crippen LogP contribution in [0.5, 0.6) is 11.5 Å². The standard InChI is InChI=1S/C26H23ClF3NO5/c27-18-9-7-16-8-12-20(24(32)31-22(25(33)34)17-3-1-2-4-17)23(21(16)13-18)35-14-15-5-10-19(11-6-15)36-26(28,29)30/h5-13,17,22H,1-4,14H2,(H,31,32)(H,33,34)/t22-/m0/s1. The molecular weight excluding hydrogens is 499 g/mol. The first-order valence-corrected chi connectivity index (χ1v) is 11.7. The molecule has 0 unspecified atom stereocenters. The third-order valence-electron chi connectivity index (χ3n) is 6.14. The van der Waals surface area contributed by atoms with Crippen LogP contribution < -0.4 is 14.8 Å². The number of hydrogen-bond acceptors (Lipinski definition) is 4. The fraction of sp³-hybridized carbons (Fsp3) is 0.308. The smallest absolute Gasteiger partial charge is 0.487 e. The van der Waals surface area contributed by atoms with E-state index in [2.05, 4.69) is 10.1 Å². The second kappa shape index (κ2) is 10.7. The number of hydrogen-bond donors (Lipinski definition) is 2. The van der Waals surface area contributed by atoms with Crippen molar-refractivity contribution in [1.29, 1.82) is 0 Å². The summed E-state index contributed by atoms with van der Waals surface area (Å²) in [6.07, 6.45) is -1.52. The number of carboxylic acid groups (broad SMARTS) is 1. The minimum atomic E-state index is -4.80. The van der Waals surface area contributed by atoms with Gasteiger partial charge < -0.3 is 19.9 Å². The zero-order valence-corrected chi connectivity index (χ0v) is 19.7. The lowest BCUT2D eigenvalue weighted by atomic mass is 9.97. The summed E-state index contributed by atoms with van der Waals surface area (Å²) >= 11 is 6.18. The topological polar surface area (TPSA) is 84.9 Å². The van der Waals surface area contributed by atoms with E-state index in [1.54, 1.807) is 30.3 Å². The van der Waals surface area contributed by atoms with E-state index in [4.69, 9.17) is 16.3 Å². The molecule has 1 aliphatic rings. The Kier molecular flexibility index (Phi) is 7.59. The molecule has 36 heavy (non-hydrogen) atoms. The van der Waals surface area contributed by atoms with E-state index in [1.807, 2.05) is 0 Å². The first kappa shape index (κ1) is 25.6. The first-order valence-electron chi connectivity index (χ1n) is 11.3. The summed E-state index contributed by atoms with van der Waals surface area (Å²) in [6, 6.07) is 12.5. The summed E-state index contributed by atoms with van der Waals surface area (Å²) in [5.41, 5.74) is 0.662. The maximum atomic E-state index is 13.2. The third-order valence-corrected chi connectivity index (χ3v) is 6.38. The number of carbonyl (C=O) groups is 2. The van der Waals surface area contributed by atoms with Gasteiger partial charge in [-0.1, -0.05) is 48.7 Å². The van der Waals surface area contributed by atoms with Gasteiger partial charge in [-0.25, -0.2) is 4.79 Å². The summed E-state index contributed by atoms with van der Waals surface area (Å²) in [4.78, 5) is 25.1. The maximum absolute atomic E-state index is 13.2. The molecule has 4 rings (SSSR count). The number of carbonyl (C=O) groups excluding carboxylic acids is 1. The number of nitrogens with one attached hydrogen (secondary N) is 1. The highest BCUT2D eigenvalue weighted by Crippen LogP contribution is 2.34. The van der Waals surface area contributed by atoms with Crippen LogP contribution in [0.4, 0.5) is 13.2 Å². The molecular formula is C26H23ClF3NO5. The quantitative estimate of drug-likeness (QED) is 0.361. The van der Waals surface area contributed by atoms with Crippen molar-refractivity contribution in [2.45, 2.75) is 44.7 Å². The second-order valence-corrected chi connectivity index (χ2v) is 9.06. The van der Waals surface area contributed by atoms with Crippen molar-refractivity contribution in [2.75, 3.05) is 0 Å². The molecule has 0 radical (unpaired) electrons. The van der Waals surface area contributed by atoms with Gasteiger partial charge in [-0.05, 0) is 60.0 Å². The first-order chi connectivity index (χ1) is 17.1. The molecule has 0 heterocycles. The monoisotopic (exact) mass is 521 g/mol. The molecule has 1 aliphatic carbocycles. The van der Waals surface area contributed by atoms with Crippen LogP contribution in [0, 0.1) is 5.92 Å². The van der Waals surface area contributed by atoms with E-state index in [0.717, 1.165) is 31.1 Å². The molecule has 0 aromatic heterocycles. The van der Waals surface area contributed by atoms with Crippen LogP contribution in [0.25, 0.3) is 10.8 Å². The molecule has 190 valence electrons. The molecule has 1 atom stereocenters. The summed E-state index contributed by atoms with van der Waals surface area (Å²) in [5.74, 6) is -2.01. The molecule has 0 aliphatic heterocycles. The van der Waals surface area contributed by atoms with Gasteiger partial charge in [-0.2, -0.15) is 0 Å². The van der Waals surface area contributed by atoms with Crippen molar-refractivity contribution in [3.8, 4) is 11.5 Å². The van der Waals surface area contributed by atoms with Crippen molar-refractivity contribution < 1.29 is 37.3 Å². The number of fused-ring (bicyclic) bond motifs is 1. The van der Waals surface area contributed by atoms with Gasteiger partial charge in [0.05, 0.1) is 5.56 Å². The number of carboxylic acids is 1. The molecule has 3 aromatic carbocycles. The highest BCUT2D eigenvalue weighted by atomic mass is 35.5. The maximum Gasteiger partial charge on any atom is 0.573 e. The third kappa shape index (κ3) is 6.20. The molecule has 6 nitrogen and oxygen atoms in total. The number of halogens is 4. The molecule has 0 saturated heterocycles. The number of aliphatic carboxylic acids is 1. The van der Waals surface area contributed by atoms with E-state index in [-0.39, 0.29) is 29.6 Å². The minimum absolute atomic E-state index is 0.0663.